The number of anilines is 2. The third-order valence-corrected chi connectivity index (χ3v) is 3.49. The zero-order valence-corrected chi connectivity index (χ0v) is 11.5. The maximum absolute atomic E-state index is 4.39. The predicted molar refractivity (Wildman–Crippen MR) is 77.8 cm³/mol. The van der Waals surface area contributed by atoms with Crippen LogP contribution in [-0.4, -0.2) is 26.0 Å². The van der Waals surface area contributed by atoms with Gasteiger partial charge in [-0.15, -0.1) is 11.8 Å². The summed E-state index contributed by atoms with van der Waals surface area (Å²) < 4.78 is 1.85. The van der Waals surface area contributed by atoms with Crippen molar-refractivity contribution >= 4 is 34.3 Å². The predicted octanol–water partition coefficient (Wildman–Crippen LogP) is 2.83. The van der Waals surface area contributed by atoms with Gasteiger partial charge in [-0.1, -0.05) is 0 Å². The topological polar surface area (TPSA) is 55.6 Å². The molecule has 1 N–H and O–H groups in total. The van der Waals surface area contributed by atoms with Crippen LogP contribution in [0, 0.1) is 0 Å². The number of aryl methyl sites for hydroxylation is 1. The Morgan fingerprint density at radius 1 is 1.26 bits per heavy atom. The molecule has 1 aromatic carbocycles. The van der Waals surface area contributed by atoms with Gasteiger partial charge in [0.05, 0.1) is 11.7 Å². The first-order valence-corrected chi connectivity index (χ1v) is 7.04. The molecule has 0 saturated heterocycles. The van der Waals surface area contributed by atoms with E-state index in [9.17, 15) is 0 Å². The van der Waals surface area contributed by atoms with Crippen molar-refractivity contribution in [3.63, 3.8) is 0 Å². The highest BCUT2D eigenvalue weighted by molar-refractivity contribution is 7.98. The molecule has 0 fully saturated rings. The first-order valence-electron chi connectivity index (χ1n) is 5.82. The Morgan fingerprint density at radius 3 is 3.00 bits per heavy atom. The van der Waals surface area contributed by atoms with Crippen LogP contribution in [0.4, 0.5) is 11.6 Å². The van der Waals surface area contributed by atoms with Crippen LogP contribution >= 0.6 is 11.8 Å². The molecule has 0 aliphatic carbocycles. The summed E-state index contributed by atoms with van der Waals surface area (Å²) in [6.45, 7) is 0. The van der Waals surface area contributed by atoms with Crippen molar-refractivity contribution in [2.24, 2.45) is 7.05 Å². The summed E-state index contributed by atoms with van der Waals surface area (Å²) >= 11 is 1.59. The Balaban J connectivity index is 1.91. The van der Waals surface area contributed by atoms with Crippen LogP contribution in [0.5, 0.6) is 0 Å². The van der Waals surface area contributed by atoms with Crippen molar-refractivity contribution < 1.29 is 0 Å². The first kappa shape index (κ1) is 12.0. The highest BCUT2D eigenvalue weighted by atomic mass is 32.2. The maximum Gasteiger partial charge on any atom is 0.228 e. The molecule has 2 heterocycles. The minimum absolute atomic E-state index is 0.607. The number of thioether (sulfide) groups is 1. The van der Waals surface area contributed by atoms with Gasteiger partial charge in [-0.25, -0.2) is 9.97 Å². The van der Waals surface area contributed by atoms with Crippen LogP contribution in [0.25, 0.3) is 10.9 Å². The third kappa shape index (κ3) is 2.39. The Bertz CT molecular complexity index is 722. The Labute approximate surface area is 115 Å². The molecule has 3 rings (SSSR count). The molecule has 2 aromatic heterocycles. The number of rotatable bonds is 3. The summed E-state index contributed by atoms with van der Waals surface area (Å²) in [6.07, 6.45) is 5.59. The summed E-state index contributed by atoms with van der Waals surface area (Å²) in [6, 6.07) is 7.96. The first-order chi connectivity index (χ1) is 9.26. The number of nitrogens with one attached hydrogen (secondary N) is 1. The molecule has 6 heteroatoms. The number of nitrogens with zero attached hydrogens (tertiary/aromatic N) is 4. The van der Waals surface area contributed by atoms with Gasteiger partial charge in [-0.2, -0.15) is 5.10 Å². The largest absolute Gasteiger partial charge is 0.324 e. The highest BCUT2D eigenvalue weighted by Crippen LogP contribution is 2.21. The van der Waals surface area contributed by atoms with Gasteiger partial charge in [-0.3, -0.25) is 4.68 Å². The molecule has 0 saturated carbocycles. The third-order valence-electron chi connectivity index (χ3n) is 2.84. The lowest BCUT2D eigenvalue weighted by Crippen LogP contribution is -1.97. The fraction of sp³-hybridized carbons (Fsp3) is 0.154. The van der Waals surface area contributed by atoms with E-state index in [2.05, 4.69) is 20.4 Å². The van der Waals surface area contributed by atoms with Gasteiger partial charge in [-0.05, 0) is 30.5 Å². The smallest absolute Gasteiger partial charge is 0.228 e. The zero-order chi connectivity index (χ0) is 13.2. The van der Waals surface area contributed by atoms with E-state index in [1.54, 1.807) is 18.0 Å². The fourth-order valence-electron chi connectivity index (χ4n) is 1.89. The van der Waals surface area contributed by atoms with Gasteiger partial charge >= 0.3 is 0 Å². The van der Waals surface area contributed by atoms with Gasteiger partial charge in [0.2, 0.25) is 5.95 Å². The minimum atomic E-state index is 0.607. The van der Waals surface area contributed by atoms with E-state index >= 15 is 0 Å². The van der Waals surface area contributed by atoms with Crippen molar-refractivity contribution in [3.05, 3.63) is 36.7 Å². The molecule has 0 aliphatic heterocycles. The van der Waals surface area contributed by atoms with Crippen LogP contribution in [0.2, 0.25) is 0 Å². The second-order valence-electron chi connectivity index (χ2n) is 4.09. The molecule has 0 spiro atoms. The van der Waals surface area contributed by atoms with E-state index in [0.717, 1.165) is 21.6 Å². The molecule has 0 radical (unpaired) electrons. The Hall–Kier alpha value is -2.08. The Kier molecular flexibility index (Phi) is 3.08. The lowest BCUT2D eigenvalue weighted by Gasteiger charge is -2.05. The molecule has 0 atom stereocenters. The van der Waals surface area contributed by atoms with Crippen LogP contribution in [0.15, 0.2) is 41.7 Å². The van der Waals surface area contributed by atoms with Crippen molar-refractivity contribution in [2.45, 2.75) is 5.03 Å². The number of hydrogen-bond acceptors (Lipinski definition) is 5. The van der Waals surface area contributed by atoms with Gasteiger partial charge in [0.1, 0.15) is 5.03 Å². The van der Waals surface area contributed by atoms with Crippen molar-refractivity contribution in [3.8, 4) is 0 Å². The summed E-state index contributed by atoms with van der Waals surface area (Å²) in [7, 11) is 1.93. The second-order valence-corrected chi connectivity index (χ2v) is 4.92. The van der Waals surface area contributed by atoms with Gasteiger partial charge in [0.15, 0.2) is 0 Å². The zero-order valence-electron chi connectivity index (χ0n) is 10.7. The van der Waals surface area contributed by atoms with Crippen LogP contribution < -0.4 is 5.32 Å². The summed E-state index contributed by atoms with van der Waals surface area (Å²) in [5.74, 6) is 0.607. The van der Waals surface area contributed by atoms with E-state index in [1.165, 1.54) is 0 Å². The molecule has 0 unspecified atom stereocenters. The molecular weight excluding hydrogens is 258 g/mol. The van der Waals surface area contributed by atoms with Crippen LogP contribution in [0.1, 0.15) is 0 Å². The van der Waals surface area contributed by atoms with Crippen LogP contribution in [0.3, 0.4) is 0 Å². The maximum atomic E-state index is 4.39. The van der Waals surface area contributed by atoms with Crippen molar-refractivity contribution in [1.82, 2.24) is 19.7 Å². The van der Waals surface area contributed by atoms with Gasteiger partial charge < -0.3 is 5.32 Å². The molecule has 5 nitrogen and oxygen atoms in total. The fourth-order valence-corrected chi connectivity index (χ4v) is 2.26. The second kappa shape index (κ2) is 4.89. The summed E-state index contributed by atoms with van der Waals surface area (Å²) in [5.41, 5.74) is 2.06. The number of aromatic nitrogens is 4. The van der Waals surface area contributed by atoms with Crippen molar-refractivity contribution in [1.29, 1.82) is 0 Å². The number of benzene rings is 1. The van der Waals surface area contributed by atoms with E-state index in [-0.39, 0.29) is 0 Å². The summed E-state index contributed by atoms with van der Waals surface area (Å²) in [5, 5.41) is 9.47. The lowest BCUT2D eigenvalue weighted by molar-refractivity contribution is 0.797. The van der Waals surface area contributed by atoms with Crippen LogP contribution in [-0.2, 0) is 7.05 Å². The molecule has 96 valence electrons. The standard InChI is InChI=1S/C13H13N5S/c1-18-11-4-3-10(7-9(11)8-15-18)16-13-14-6-5-12(17-13)19-2/h3-8H,1-2H3,(H,14,16,17). The van der Waals surface area contributed by atoms with E-state index in [4.69, 9.17) is 0 Å². The quantitative estimate of drug-likeness (QED) is 0.586. The monoisotopic (exact) mass is 271 g/mol. The molecule has 3 aromatic rings. The number of fused-ring (bicyclic) bond motifs is 1. The van der Waals surface area contributed by atoms with E-state index in [1.807, 2.05) is 48.4 Å². The number of hydrogen-bond donors (Lipinski definition) is 1. The minimum Gasteiger partial charge on any atom is -0.324 e. The molecule has 19 heavy (non-hydrogen) atoms. The lowest BCUT2D eigenvalue weighted by atomic mass is 10.2. The normalized spacial score (nSPS) is 10.8. The van der Waals surface area contributed by atoms with E-state index in [0.29, 0.717) is 5.95 Å². The molecule has 0 amide bonds. The highest BCUT2D eigenvalue weighted by Gasteiger charge is 2.03. The summed E-state index contributed by atoms with van der Waals surface area (Å²) in [4.78, 5) is 8.60. The molecule has 0 aliphatic rings. The SMILES string of the molecule is CSc1ccnc(Nc2ccc3c(cnn3C)c2)n1. The average molecular weight is 271 g/mol. The van der Waals surface area contributed by atoms with E-state index < -0.39 is 0 Å². The average Bonchev–Trinajstić information content (AvgIpc) is 2.80. The Morgan fingerprint density at radius 2 is 2.16 bits per heavy atom. The van der Waals surface area contributed by atoms with Crippen molar-refractivity contribution in [2.75, 3.05) is 11.6 Å². The molecular formula is C13H13N5S. The molecule has 0 bridgehead atoms. The van der Waals surface area contributed by atoms with Gasteiger partial charge in [0, 0.05) is 24.3 Å². The van der Waals surface area contributed by atoms with Gasteiger partial charge in [0.25, 0.3) is 0 Å².